The first-order valence-electron chi connectivity index (χ1n) is 8.51. The van der Waals surface area contributed by atoms with Crippen LogP contribution in [0.5, 0.6) is 0 Å². The number of para-hydroxylation sites is 2. The number of nitrogens with one attached hydrogen (secondary N) is 3. The van der Waals surface area contributed by atoms with E-state index >= 15 is 0 Å². The van der Waals surface area contributed by atoms with Crippen LogP contribution in [0.1, 0.15) is 16.8 Å². The highest BCUT2D eigenvalue weighted by Crippen LogP contribution is 2.22. The van der Waals surface area contributed by atoms with Crippen LogP contribution in [0.2, 0.25) is 0 Å². The molecule has 0 saturated heterocycles. The second kappa shape index (κ2) is 12.4. The van der Waals surface area contributed by atoms with E-state index in [-0.39, 0.29) is 34.6 Å². The van der Waals surface area contributed by atoms with Gasteiger partial charge >= 0.3 is 0 Å². The summed E-state index contributed by atoms with van der Waals surface area (Å²) in [6.07, 6.45) is 2.69. The summed E-state index contributed by atoms with van der Waals surface area (Å²) >= 11 is 1.69. The predicted octanol–water partition coefficient (Wildman–Crippen LogP) is 3.19. The zero-order valence-electron chi connectivity index (χ0n) is 15.4. The van der Waals surface area contributed by atoms with Crippen LogP contribution >= 0.6 is 35.3 Å². The molecule has 0 aliphatic heterocycles. The average Bonchev–Trinajstić information content (AvgIpc) is 3.04. The molecular formula is C17H25IN6O2S. The molecule has 1 heterocycles. The highest BCUT2D eigenvalue weighted by molar-refractivity contribution is 14.0. The van der Waals surface area contributed by atoms with E-state index in [1.807, 2.05) is 20.0 Å². The number of anilines is 1. The third-order valence-corrected chi connectivity index (χ3v) is 4.42. The zero-order chi connectivity index (χ0) is 18.8. The van der Waals surface area contributed by atoms with Crippen molar-refractivity contribution in [1.29, 1.82) is 0 Å². The minimum atomic E-state index is -0.387. The largest absolute Gasteiger partial charge is 0.378 e. The number of halogens is 1. The maximum Gasteiger partial charge on any atom is 0.292 e. The number of guanidine groups is 1. The fourth-order valence-electron chi connectivity index (χ4n) is 2.28. The van der Waals surface area contributed by atoms with Gasteiger partial charge in [-0.05, 0) is 19.9 Å². The van der Waals surface area contributed by atoms with Crippen LogP contribution in [-0.2, 0) is 6.42 Å². The van der Waals surface area contributed by atoms with Gasteiger partial charge in [-0.15, -0.1) is 35.3 Å². The minimum absolute atomic E-state index is 0. The summed E-state index contributed by atoms with van der Waals surface area (Å²) in [5.74, 6) is 0.727. The Balaban J connectivity index is 0.00000364. The molecule has 1 aromatic heterocycles. The third kappa shape index (κ3) is 8.08. The molecule has 0 unspecified atom stereocenters. The van der Waals surface area contributed by atoms with E-state index in [0.29, 0.717) is 25.3 Å². The maximum absolute atomic E-state index is 11.0. The van der Waals surface area contributed by atoms with Crippen molar-refractivity contribution in [3.63, 3.8) is 0 Å². The summed E-state index contributed by atoms with van der Waals surface area (Å²) in [7, 11) is 0. The molecule has 0 amide bonds. The molecule has 148 valence electrons. The summed E-state index contributed by atoms with van der Waals surface area (Å²) in [6.45, 7) is 6.60. The Bertz CT molecular complexity index is 753. The number of aliphatic imine (C=N–C) groups is 1. The van der Waals surface area contributed by atoms with Gasteiger partial charge in [0.05, 0.1) is 9.93 Å². The molecule has 10 heteroatoms. The molecule has 0 aliphatic carbocycles. The van der Waals surface area contributed by atoms with Gasteiger partial charge in [-0.3, -0.25) is 15.1 Å². The lowest BCUT2D eigenvalue weighted by atomic mass is 10.2. The fraction of sp³-hybridized carbons (Fsp3) is 0.412. The molecule has 0 saturated carbocycles. The molecule has 0 atom stereocenters. The van der Waals surface area contributed by atoms with E-state index in [1.165, 1.54) is 10.9 Å². The SMILES string of the molecule is CCNC(=NCCc1ncc(C)s1)NCCNc1ccccc1[N+](=O)[O-].I. The van der Waals surface area contributed by atoms with E-state index in [0.717, 1.165) is 23.9 Å². The molecule has 8 nitrogen and oxygen atoms in total. The van der Waals surface area contributed by atoms with Crippen LogP contribution in [0.15, 0.2) is 35.5 Å². The summed E-state index contributed by atoms with van der Waals surface area (Å²) in [5, 5.41) is 21.6. The van der Waals surface area contributed by atoms with Crippen LogP contribution in [-0.4, -0.2) is 42.0 Å². The maximum atomic E-state index is 11.0. The average molecular weight is 504 g/mol. The van der Waals surface area contributed by atoms with Gasteiger partial charge in [0.15, 0.2) is 5.96 Å². The molecule has 2 rings (SSSR count). The summed E-state index contributed by atoms with van der Waals surface area (Å²) < 4.78 is 0. The Hall–Kier alpha value is -1.95. The quantitative estimate of drug-likeness (QED) is 0.121. The van der Waals surface area contributed by atoms with E-state index in [2.05, 4.69) is 25.9 Å². The Morgan fingerprint density at radius 1 is 1.30 bits per heavy atom. The van der Waals surface area contributed by atoms with Crippen molar-refractivity contribution in [2.75, 3.05) is 31.5 Å². The molecule has 0 aliphatic rings. The predicted molar refractivity (Wildman–Crippen MR) is 122 cm³/mol. The van der Waals surface area contributed by atoms with E-state index < -0.39 is 0 Å². The number of aromatic nitrogens is 1. The minimum Gasteiger partial charge on any atom is -0.378 e. The molecule has 1 aromatic carbocycles. The first-order chi connectivity index (χ1) is 12.6. The number of rotatable bonds is 9. The molecular weight excluding hydrogens is 479 g/mol. The van der Waals surface area contributed by atoms with Crippen molar-refractivity contribution in [3.05, 3.63) is 50.5 Å². The van der Waals surface area contributed by atoms with E-state index in [1.54, 1.807) is 29.5 Å². The Morgan fingerprint density at radius 2 is 2.07 bits per heavy atom. The van der Waals surface area contributed by atoms with Gasteiger partial charge in [0.1, 0.15) is 5.69 Å². The molecule has 2 aromatic rings. The van der Waals surface area contributed by atoms with Gasteiger partial charge in [0.25, 0.3) is 5.69 Å². The van der Waals surface area contributed by atoms with Gasteiger partial charge in [0, 0.05) is 49.7 Å². The highest BCUT2D eigenvalue weighted by Gasteiger charge is 2.11. The zero-order valence-corrected chi connectivity index (χ0v) is 18.5. The number of hydrogen-bond acceptors (Lipinski definition) is 6. The summed E-state index contributed by atoms with van der Waals surface area (Å²) in [5.41, 5.74) is 0.590. The van der Waals surface area contributed by atoms with Gasteiger partial charge < -0.3 is 16.0 Å². The molecule has 27 heavy (non-hydrogen) atoms. The number of nitrogens with zero attached hydrogens (tertiary/aromatic N) is 3. The van der Waals surface area contributed by atoms with Crippen LogP contribution in [0.3, 0.4) is 0 Å². The monoisotopic (exact) mass is 504 g/mol. The van der Waals surface area contributed by atoms with Crippen molar-refractivity contribution >= 4 is 52.6 Å². The molecule has 0 fully saturated rings. The summed E-state index contributed by atoms with van der Waals surface area (Å²) in [4.78, 5) is 20.7. The Labute approximate surface area is 180 Å². The lowest BCUT2D eigenvalue weighted by Gasteiger charge is -2.12. The van der Waals surface area contributed by atoms with Crippen molar-refractivity contribution in [2.24, 2.45) is 4.99 Å². The lowest BCUT2D eigenvalue weighted by molar-refractivity contribution is -0.384. The Morgan fingerprint density at radius 3 is 2.74 bits per heavy atom. The third-order valence-electron chi connectivity index (χ3n) is 3.44. The number of nitro groups is 1. The lowest BCUT2D eigenvalue weighted by Crippen LogP contribution is -2.39. The normalized spacial score (nSPS) is 10.8. The molecule has 0 bridgehead atoms. The van der Waals surface area contributed by atoms with E-state index in [4.69, 9.17) is 0 Å². The second-order valence-electron chi connectivity index (χ2n) is 5.50. The number of aryl methyl sites for hydroxylation is 1. The topological polar surface area (TPSA) is 104 Å². The van der Waals surface area contributed by atoms with Crippen molar-refractivity contribution in [1.82, 2.24) is 15.6 Å². The first kappa shape index (κ1) is 23.1. The Kier molecular flexibility index (Phi) is 10.6. The standard InChI is InChI=1S/C17H24N6O2S.HI/c1-3-18-17(20-9-8-16-22-12-13(2)26-16)21-11-10-19-14-6-4-5-7-15(14)23(24)25;/h4-7,12,19H,3,8-11H2,1-2H3,(H2,18,20,21);1H. The van der Waals surface area contributed by atoms with E-state index in [9.17, 15) is 10.1 Å². The number of benzene rings is 1. The summed E-state index contributed by atoms with van der Waals surface area (Å²) in [6, 6.07) is 6.62. The molecule has 0 radical (unpaired) electrons. The van der Waals surface area contributed by atoms with Gasteiger partial charge in [-0.1, -0.05) is 12.1 Å². The highest BCUT2D eigenvalue weighted by atomic mass is 127. The van der Waals surface area contributed by atoms with Gasteiger partial charge in [-0.25, -0.2) is 4.98 Å². The van der Waals surface area contributed by atoms with Gasteiger partial charge in [-0.2, -0.15) is 0 Å². The van der Waals surface area contributed by atoms with Gasteiger partial charge in [0.2, 0.25) is 0 Å². The fourth-order valence-corrected chi connectivity index (χ4v) is 3.06. The molecule has 3 N–H and O–H groups in total. The molecule has 0 spiro atoms. The van der Waals surface area contributed by atoms with Crippen LogP contribution in [0.4, 0.5) is 11.4 Å². The van der Waals surface area contributed by atoms with Crippen LogP contribution in [0.25, 0.3) is 0 Å². The second-order valence-corrected chi connectivity index (χ2v) is 6.82. The van der Waals surface area contributed by atoms with Crippen LogP contribution in [0, 0.1) is 17.0 Å². The number of hydrogen-bond donors (Lipinski definition) is 3. The first-order valence-corrected chi connectivity index (χ1v) is 9.32. The smallest absolute Gasteiger partial charge is 0.292 e. The van der Waals surface area contributed by atoms with Crippen molar-refractivity contribution in [3.8, 4) is 0 Å². The van der Waals surface area contributed by atoms with Crippen LogP contribution < -0.4 is 16.0 Å². The number of thiazole rings is 1. The van der Waals surface area contributed by atoms with Crippen molar-refractivity contribution < 1.29 is 4.92 Å². The number of nitro benzene ring substituents is 1. The van der Waals surface area contributed by atoms with Crippen molar-refractivity contribution in [2.45, 2.75) is 20.3 Å².